The summed E-state index contributed by atoms with van der Waals surface area (Å²) in [6.45, 7) is 0. The van der Waals surface area contributed by atoms with Crippen molar-refractivity contribution < 1.29 is 22.0 Å². The third-order valence-corrected chi connectivity index (χ3v) is 4.09. The zero-order valence-corrected chi connectivity index (χ0v) is 13.8. The van der Waals surface area contributed by atoms with Crippen LogP contribution in [0.4, 0.5) is 33.3 Å². The second-order valence-corrected chi connectivity index (χ2v) is 5.89. The summed E-state index contributed by atoms with van der Waals surface area (Å²) < 4.78 is 67.6. The molecule has 0 unspecified atom stereocenters. The zero-order valence-electron chi connectivity index (χ0n) is 13.0. The van der Waals surface area contributed by atoms with Gasteiger partial charge in [-0.2, -0.15) is 18.3 Å². The number of hydrogen-bond donors (Lipinski definition) is 2. The fourth-order valence-electron chi connectivity index (χ4n) is 2.65. The number of H-pyrrole nitrogens is 1. The first-order chi connectivity index (χ1) is 12.8. The van der Waals surface area contributed by atoms with Crippen LogP contribution in [0.1, 0.15) is 11.3 Å². The van der Waals surface area contributed by atoms with E-state index in [4.69, 9.17) is 11.6 Å². The number of alkyl halides is 3. The minimum Gasteiger partial charge on any atom is -0.336 e. The molecule has 138 valence electrons. The summed E-state index contributed by atoms with van der Waals surface area (Å²) in [5, 5.41) is 8.41. The number of amidine groups is 1. The van der Waals surface area contributed by atoms with Crippen molar-refractivity contribution in [3.63, 3.8) is 0 Å². The molecule has 27 heavy (non-hydrogen) atoms. The lowest BCUT2D eigenvalue weighted by Gasteiger charge is -2.11. The number of aliphatic imine (C=N–C) groups is 1. The number of nitrogens with one attached hydrogen (secondary N) is 2. The van der Waals surface area contributed by atoms with Crippen molar-refractivity contribution in [3.05, 3.63) is 58.5 Å². The van der Waals surface area contributed by atoms with Crippen LogP contribution in [0, 0.1) is 11.6 Å². The Hall–Kier alpha value is -3.01. The van der Waals surface area contributed by atoms with Crippen LogP contribution < -0.4 is 5.32 Å². The van der Waals surface area contributed by atoms with Gasteiger partial charge in [0, 0.05) is 5.56 Å². The molecule has 11 heteroatoms. The smallest absolute Gasteiger partial charge is 0.336 e. The molecule has 4 rings (SSSR count). The Morgan fingerprint density at radius 3 is 2.44 bits per heavy atom. The number of pyridine rings is 1. The number of aromatic amines is 1. The van der Waals surface area contributed by atoms with Gasteiger partial charge in [-0.25, -0.2) is 18.8 Å². The van der Waals surface area contributed by atoms with Crippen LogP contribution in [0.2, 0.25) is 5.15 Å². The molecule has 0 saturated heterocycles. The minimum absolute atomic E-state index is 0.0610. The highest BCUT2D eigenvalue weighted by Crippen LogP contribution is 2.43. The summed E-state index contributed by atoms with van der Waals surface area (Å²) in [6.07, 6.45) is -3.50. The normalized spacial score (nSPS) is 13.3. The number of benzene rings is 1. The Labute approximate surface area is 152 Å². The monoisotopic (exact) mass is 399 g/mol. The highest BCUT2D eigenvalue weighted by atomic mass is 35.5. The molecule has 1 aliphatic heterocycles. The SMILES string of the molecule is Fc1cccc(F)c1C1=Nc2c(cc(C(F)(F)F)nc2Cl)-c2[nH]ncc2N1. The Balaban J connectivity index is 2.02. The topological polar surface area (TPSA) is 66.0 Å². The van der Waals surface area contributed by atoms with E-state index in [1.807, 2.05) is 0 Å². The molecule has 0 radical (unpaired) electrons. The number of nitrogens with zero attached hydrogens (tertiary/aromatic N) is 3. The van der Waals surface area contributed by atoms with Crippen LogP contribution in [0.3, 0.4) is 0 Å². The summed E-state index contributed by atoms with van der Waals surface area (Å²) in [4.78, 5) is 7.37. The van der Waals surface area contributed by atoms with Crippen LogP contribution >= 0.6 is 11.6 Å². The van der Waals surface area contributed by atoms with E-state index in [-0.39, 0.29) is 28.5 Å². The molecule has 2 N–H and O–H groups in total. The van der Waals surface area contributed by atoms with Crippen LogP contribution in [-0.4, -0.2) is 21.0 Å². The van der Waals surface area contributed by atoms with Crippen LogP contribution in [0.25, 0.3) is 11.3 Å². The maximum Gasteiger partial charge on any atom is 0.433 e. The van der Waals surface area contributed by atoms with E-state index in [2.05, 4.69) is 25.5 Å². The second kappa shape index (κ2) is 6.02. The van der Waals surface area contributed by atoms with Gasteiger partial charge in [0.2, 0.25) is 0 Å². The first kappa shape index (κ1) is 17.4. The lowest BCUT2D eigenvalue weighted by atomic mass is 10.1. The van der Waals surface area contributed by atoms with Crippen molar-refractivity contribution in [2.75, 3.05) is 5.32 Å². The van der Waals surface area contributed by atoms with Crippen molar-refractivity contribution in [2.45, 2.75) is 6.18 Å². The van der Waals surface area contributed by atoms with Crippen molar-refractivity contribution >= 4 is 28.8 Å². The molecule has 5 nitrogen and oxygen atoms in total. The highest BCUT2D eigenvalue weighted by molar-refractivity contribution is 6.33. The van der Waals surface area contributed by atoms with Gasteiger partial charge >= 0.3 is 6.18 Å². The molecular formula is C16H7ClF5N5. The van der Waals surface area contributed by atoms with E-state index < -0.39 is 34.2 Å². The predicted molar refractivity (Wildman–Crippen MR) is 88.0 cm³/mol. The molecular weight excluding hydrogens is 393 g/mol. The van der Waals surface area contributed by atoms with E-state index >= 15 is 0 Å². The molecule has 3 aromatic rings. The molecule has 0 bridgehead atoms. The predicted octanol–water partition coefficient (Wildman–Crippen LogP) is 4.93. The third kappa shape index (κ3) is 2.91. The highest BCUT2D eigenvalue weighted by Gasteiger charge is 2.35. The quantitative estimate of drug-likeness (QED) is 0.450. The molecule has 0 amide bonds. The average molecular weight is 400 g/mol. The number of rotatable bonds is 1. The fraction of sp³-hybridized carbons (Fsp3) is 0.0625. The van der Waals surface area contributed by atoms with Gasteiger partial charge in [-0.3, -0.25) is 5.10 Å². The van der Waals surface area contributed by atoms with Crippen LogP contribution in [0.5, 0.6) is 0 Å². The average Bonchev–Trinajstić information content (AvgIpc) is 2.97. The number of fused-ring (bicyclic) bond motifs is 3. The minimum atomic E-state index is -4.75. The van der Waals surface area contributed by atoms with Gasteiger partial charge in [-0.05, 0) is 18.2 Å². The number of halogens is 6. The summed E-state index contributed by atoms with van der Waals surface area (Å²) in [6, 6.07) is 3.96. The molecule has 3 heterocycles. The number of hydrogen-bond acceptors (Lipinski definition) is 4. The molecule has 2 aromatic heterocycles. The van der Waals surface area contributed by atoms with Gasteiger partial charge in [0.25, 0.3) is 0 Å². The molecule has 0 saturated carbocycles. The van der Waals surface area contributed by atoms with Gasteiger partial charge in [0.15, 0.2) is 5.15 Å². The molecule has 1 aliphatic rings. The molecule has 1 aromatic carbocycles. The van der Waals surface area contributed by atoms with Gasteiger partial charge in [-0.1, -0.05) is 17.7 Å². The standard InChI is InChI=1S/C16H7ClF5N5/c17-14-13-6(4-10(25-14)16(20,21)22)12-9(5-23-27-12)24-15(26-13)11-7(18)2-1-3-8(11)19/h1-5H,(H,23,27)(H,24,26). The van der Waals surface area contributed by atoms with Gasteiger partial charge in [-0.15, -0.1) is 0 Å². The summed E-state index contributed by atoms with van der Waals surface area (Å²) in [7, 11) is 0. The lowest BCUT2D eigenvalue weighted by molar-refractivity contribution is -0.141. The van der Waals surface area contributed by atoms with Crippen LogP contribution in [0.15, 0.2) is 35.5 Å². The fourth-order valence-corrected chi connectivity index (χ4v) is 2.88. The third-order valence-electron chi connectivity index (χ3n) is 3.83. The van der Waals surface area contributed by atoms with E-state index in [9.17, 15) is 22.0 Å². The van der Waals surface area contributed by atoms with Gasteiger partial charge in [0.1, 0.15) is 28.9 Å². The van der Waals surface area contributed by atoms with Gasteiger partial charge < -0.3 is 5.32 Å². The van der Waals surface area contributed by atoms with E-state index in [0.29, 0.717) is 0 Å². The Morgan fingerprint density at radius 1 is 1.07 bits per heavy atom. The van der Waals surface area contributed by atoms with Crippen molar-refractivity contribution in [3.8, 4) is 11.3 Å². The Bertz CT molecular complexity index is 1070. The summed E-state index contributed by atoms with van der Waals surface area (Å²) in [5.41, 5.74) is -1.68. The van der Waals surface area contributed by atoms with Crippen molar-refractivity contribution in [1.29, 1.82) is 0 Å². The first-order valence-electron chi connectivity index (χ1n) is 7.37. The van der Waals surface area contributed by atoms with E-state index in [0.717, 1.165) is 18.2 Å². The zero-order chi connectivity index (χ0) is 19.3. The first-order valence-corrected chi connectivity index (χ1v) is 7.75. The van der Waals surface area contributed by atoms with E-state index in [1.54, 1.807) is 0 Å². The van der Waals surface area contributed by atoms with Crippen molar-refractivity contribution in [1.82, 2.24) is 15.2 Å². The summed E-state index contributed by atoms with van der Waals surface area (Å²) >= 11 is 5.92. The number of anilines is 1. The summed E-state index contributed by atoms with van der Waals surface area (Å²) in [5.74, 6) is -2.10. The molecule has 0 spiro atoms. The maximum absolute atomic E-state index is 14.2. The molecule has 0 fully saturated rings. The Morgan fingerprint density at radius 2 is 1.78 bits per heavy atom. The van der Waals surface area contributed by atoms with Crippen LogP contribution in [-0.2, 0) is 6.18 Å². The van der Waals surface area contributed by atoms with Gasteiger partial charge in [0.05, 0.1) is 23.1 Å². The lowest BCUT2D eigenvalue weighted by Crippen LogP contribution is -2.16. The van der Waals surface area contributed by atoms with E-state index in [1.165, 1.54) is 12.3 Å². The largest absolute Gasteiger partial charge is 0.433 e. The molecule has 0 aliphatic carbocycles. The second-order valence-electron chi connectivity index (χ2n) is 5.53. The molecule has 0 atom stereocenters. The number of aromatic nitrogens is 3. The maximum atomic E-state index is 14.2. The Kier molecular flexibility index (Phi) is 3.88. The van der Waals surface area contributed by atoms with Crippen molar-refractivity contribution in [2.24, 2.45) is 4.99 Å².